The van der Waals surface area contributed by atoms with Crippen molar-refractivity contribution in [3.63, 3.8) is 0 Å². The van der Waals surface area contributed by atoms with Gasteiger partial charge in [-0.05, 0) is 24.3 Å². The monoisotopic (exact) mass is 452 g/mol. The number of hydrogen-bond acceptors (Lipinski definition) is 7. The summed E-state index contributed by atoms with van der Waals surface area (Å²) in [7, 11) is 3.22. The van der Waals surface area contributed by atoms with Crippen molar-refractivity contribution in [3.8, 4) is 5.75 Å². The second kappa shape index (κ2) is 9.91. The number of hydrogen-bond donors (Lipinski definition) is 1. The van der Waals surface area contributed by atoms with Gasteiger partial charge >= 0.3 is 0 Å². The molecule has 29 heavy (non-hydrogen) atoms. The molecule has 2 aromatic carbocycles. The number of benzene rings is 2. The minimum absolute atomic E-state index is 0.101. The molecule has 3 aromatic rings. The van der Waals surface area contributed by atoms with Crippen molar-refractivity contribution in [2.75, 3.05) is 25.2 Å². The summed E-state index contributed by atoms with van der Waals surface area (Å²) in [5.41, 5.74) is 1.13. The number of amides is 1. The molecule has 0 aliphatic heterocycles. The molecule has 0 atom stereocenters. The summed E-state index contributed by atoms with van der Waals surface area (Å²) < 4.78 is 19.7. The lowest BCUT2D eigenvalue weighted by molar-refractivity contribution is -0.127. The number of carbonyl (C=O) groups is 1. The predicted molar refractivity (Wildman–Crippen MR) is 115 cm³/mol. The van der Waals surface area contributed by atoms with Crippen molar-refractivity contribution < 1.29 is 13.9 Å². The lowest BCUT2D eigenvalue weighted by Crippen LogP contribution is -2.28. The summed E-state index contributed by atoms with van der Waals surface area (Å²) in [6, 6.07) is 11.9. The smallest absolute Gasteiger partial charge is 0.233 e. The maximum Gasteiger partial charge on any atom is 0.233 e. The van der Waals surface area contributed by atoms with Crippen LogP contribution in [0.3, 0.4) is 0 Å². The fourth-order valence-electron chi connectivity index (χ4n) is 2.39. The van der Waals surface area contributed by atoms with Crippen LogP contribution < -0.4 is 10.1 Å². The van der Waals surface area contributed by atoms with Gasteiger partial charge in [-0.2, -0.15) is 0 Å². The van der Waals surface area contributed by atoms with Gasteiger partial charge in [0.1, 0.15) is 11.6 Å². The lowest BCUT2D eigenvalue weighted by atomic mass is 10.2. The zero-order chi connectivity index (χ0) is 20.8. The van der Waals surface area contributed by atoms with Gasteiger partial charge in [-0.15, -0.1) is 10.2 Å². The molecule has 0 fully saturated rings. The summed E-state index contributed by atoms with van der Waals surface area (Å²) in [5.74, 6) is 0.308. The molecule has 0 saturated carbocycles. The Morgan fingerprint density at radius 3 is 2.86 bits per heavy atom. The molecule has 1 amide bonds. The van der Waals surface area contributed by atoms with E-state index in [1.54, 1.807) is 20.2 Å². The molecule has 6 nitrogen and oxygen atoms in total. The van der Waals surface area contributed by atoms with Crippen LogP contribution in [0.25, 0.3) is 0 Å². The number of aromatic nitrogens is 2. The molecular weight excluding hydrogens is 435 g/mol. The molecule has 0 radical (unpaired) electrons. The Kier molecular flexibility index (Phi) is 7.29. The Bertz CT molecular complexity index is 982. The van der Waals surface area contributed by atoms with Crippen LogP contribution in [0, 0.1) is 5.82 Å². The first-order valence-electron chi connectivity index (χ1n) is 8.50. The van der Waals surface area contributed by atoms with Gasteiger partial charge < -0.3 is 15.0 Å². The third-order valence-corrected chi connectivity index (χ3v) is 6.24. The molecule has 3 rings (SSSR count). The Morgan fingerprint density at radius 1 is 1.31 bits per heavy atom. The van der Waals surface area contributed by atoms with E-state index in [0.717, 1.165) is 11.4 Å². The van der Waals surface area contributed by atoms with E-state index in [-0.39, 0.29) is 18.2 Å². The summed E-state index contributed by atoms with van der Waals surface area (Å²) >= 11 is 8.64. The van der Waals surface area contributed by atoms with Crippen molar-refractivity contribution in [3.05, 3.63) is 58.9 Å². The molecule has 0 spiro atoms. The highest BCUT2D eigenvalue weighted by Gasteiger charge is 2.16. The highest BCUT2D eigenvalue weighted by atomic mass is 35.5. The molecule has 1 heterocycles. The normalized spacial score (nSPS) is 10.6. The maximum absolute atomic E-state index is 13.9. The van der Waals surface area contributed by atoms with Gasteiger partial charge in [-0.25, -0.2) is 4.39 Å². The first-order chi connectivity index (χ1) is 14.0. The van der Waals surface area contributed by atoms with Crippen molar-refractivity contribution >= 4 is 51.4 Å². The average molecular weight is 453 g/mol. The van der Waals surface area contributed by atoms with E-state index in [0.29, 0.717) is 20.1 Å². The van der Waals surface area contributed by atoms with Crippen molar-refractivity contribution in [2.45, 2.75) is 10.9 Å². The molecule has 0 unspecified atom stereocenters. The number of nitrogens with one attached hydrogen (secondary N) is 1. The summed E-state index contributed by atoms with van der Waals surface area (Å²) in [6.07, 6.45) is 0. The second-order valence-corrected chi connectivity index (χ2v) is 8.58. The lowest BCUT2D eigenvalue weighted by Gasteiger charge is -2.18. The van der Waals surface area contributed by atoms with Crippen LogP contribution in [0.5, 0.6) is 5.75 Å². The highest BCUT2D eigenvalue weighted by Crippen LogP contribution is 2.29. The summed E-state index contributed by atoms with van der Waals surface area (Å²) in [5, 5.41) is 12.2. The Labute approximate surface area is 181 Å². The zero-order valence-corrected chi connectivity index (χ0v) is 18.1. The minimum Gasteiger partial charge on any atom is -0.497 e. The van der Waals surface area contributed by atoms with E-state index in [1.165, 1.54) is 40.1 Å². The number of halogens is 2. The largest absolute Gasteiger partial charge is 0.497 e. The zero-order valence-electron chi connectivity index (χ0n) is 15.7. The fourth-order valence-corrected chi connectivity index (χ4v) is 4.32. The summed E-state index contributed by atoms with van der Waals surface area (Å²) in [6.45, 7) is 0.101. The van der Waals surface area contributed by atoms with Crippen LogP contribution in [0.1, 0.15) is 5.56 Å². The quantitative estimate of drug-likeness (QED) is 0.493. The molecular formula is C19H18ClFN4O2S2. The van der Waals surface area contributed by atoms with Crippen LogP contribution >= 0.6 is 34.7 Å². The molecule has 0 saturated heterocycles. The predicted octanol–water partition coefficient (Wildman–Crippen LogP) is 4.83. The SMILES string of the molecule is COc1cccc(Nc2nnc(SCC(=O)N(C)Cc3c(F)cccc3Cl)s2)c1. The van der Waals surface area contributed by atoms with E-state index >= 15 is 0 Å². The third kappa shape index (κ3) is 5.81. The van der Waals surface area contributed by atoms with E-state index in [2.05, 4.69) is 15.5 Å². The molecule has 1 aromatic heterocycles. The molecule has 152 valence electrons. The van der Waals surface area contributed by atoms with Gasteiger partial charge in [0.2, 0.25) is 11.0 Å². The van der Waals surface area contributed by atoms with Crippen LogP contribution in [-0.4, -0.2) is 40.9 Å². The summed E-state index contributed by atoms with van der Waals surface area (Å²) in [4.78, 5) is 13.8. The van der Waals surface area contributed by atoms with E-state index in [9.17, 15) is 9.18 Å². The van der Waals surface area contributed by atoms with Gasteiger partial charge in [-0.1, -0.05) is 46.8 Å². The van der Waals surface area contributed by atoms with Crippen LogP contribution in [-0.2, 0) is 11.3 Å². The topological polar surface area (TPSA) is 67.3 Å². The van der Waals surface area contributed by atoms with Crippen LogP contribution in [0.2, 0.25) is 5.02 Å². The van der Waals surface area contributed by atoms with E-state index < -0.39 is 5.82 Å². The van der Waals surface area contributed by atoms with Crippen LogP contribution in [0.15, 0.2) is 46.8 Å². The highest BCUT2D eigenvalue weighted by molar-refractivity contribution is 8.01. The van der Waals surface area contributed by atoms with Crippen molar-refractivity contribution in [1.82, 2.24) is 15.1 Å². The van der Waals surface area contributed by atoms with E-state index in [4.69, 9.17) is 16.3 Å². The van der Waals surface area contributed by atoms with Gasteiger partial charge in [0.15, 0.2) is 4.34 Å². The fraction of sp³-hybridized carbons (Fsp3) is 0.211. The second-order valence-electron chi connectivity index (χ2n) is 5.97. The number of nitrogens with zero attached hydrogens (tertiary/aromatic N) is 3. The molecule has 0 aliphatic carbocycles. The number of ether oxygens (including phenoxy) is 1. The van der Waals surface area contributed by atoms with Gasteiger partial charge in [0, 0.05) is 35.9 Å². The van der Waals surface area contributed by atoms with Gasteiger partial charge in [0.05, 0.1) is 12.9 Å². The van der Waals surface area contributed by atoms with Crippen molar-refractivity contribution in [2.24, 2.45) is 0 Å². The number of thioether (sulfide) groups is 1. The first kappa shape index (κ1) is 21.4. The Hall–Kier alpha value is -2.36. The number of anilines is 2. The maximum atomic E-state index is 13.9. The molecule has 0 bridgehead atoms. The van der Waals surface area contributed by atoms with Gasteiger partial charge in [0.25, 0.3) is 0 Å². The van der Waals surface area contributed by atoms with Gasteiger partial charge in [-0.3, -0.25) is 4.79 Å². The standard InChI is InChI=1S/C19H18ClFN4O2S2/c1-25(10-14-15(20)7-4-8-16(14)21)17(26)11-28-19-24-23-18(29-19)22-12-5-3-6-13(9-12)27-2/h3-9H,10-11H2,1-2H3,(H,22,23). The number of methoxy groups -OCH3 is 1. The van der Waals surface area contributed by atoms with E-state index in [1.807, 2.05) is 24.3 Å². The first-order valence-corrected chi connectivity index (χ1v) is 10.7. The number of carbonyl (C=O) groups excluding carboxylic acids is 1. The van der Waals surface area contributed by atoms with Crippen molar-refractivity contribution in [1.29, 1.82) is 0 Å². The Morgan fingerprint density at radius 2 is 2.10 bits per heavy atom. The number of rotatable bonds is 8. The molecule has 10 heteroatoms. The Balaban J connectivity index is 1.54. The third-order valence-electron chi connectivity index (χ3n) is 3.93. The van der Waals surface area contributed by atoms with Crippen LogP contribution in [0.4, 0.5) is 15.2 Å². The molecule has 0 aliphatic rings. The average Bonchev–Trinajstić information content (AvgIpc) is 3.16. The molecule has 1 N–H and O–H groups in total. The minimum atomic E-state index is -0.429.